The molecule has 29 heavy (non-hydrogen) atoms. The van der Waals surface area contributed by atoms with Gasteiger partial charge in [-0.3, -0.25) is 9.80 Å². The van der Waals surface area contributed by atoms with Crippen molar-refractivity contribution in [2.45, 2.75) is 17.5 Å². The van der Waals surface area contributed by atoms with Gasteiger partial charge in [0, 0.05) is 37.8 Å². The van der Waals surface area contributed by atoms with Crippen molar-refractivity contribution in [3.63, 3.8) is 0 Å². The van der Waals surface area contributed by atoms with E-state index in [4.69, 9.17) is 9.47 Å². The standard InChI is InChI=1S/C23H29FN2O2S/c1-25-11-17-13-26(14-19(17)23(25)15-6-5-7-18(24)8-15)12-16-9-21(28-3)22(29-4)10-20(16)27-2/h5-10,17,19,23H,11-14H2,1-4H3/t17-,19+,23-/m0/s1. The highest BCUT2D eigenvalue weighted by Gasteiger charge is 2.46. The summed E-state index contributed by atoms with van der Waals surface area (Å²) >= 11 is 1.66. The van der Waals surface area contributed by atoms with Crippen LogP contribution < -0.4 is 9.47 Å². The van der Waals surface area contributed by atoms with E-state index in [1.807, 2.05) is 12.3 Å². The van der Waals surface area contributed by atoms with Crippen molar-refractivity contribution in [3.8, 4) is 11.5 Å². The summed E-state index contributed by atoms with van der Waals surface area (Å²) in [6, 6.07) is 11.5. The van der Waals surface area contributed by atoms with Crippen LogP contribution in [-0.4, -0.2) is 57.0 Å². The summed E-state index contributed by atoms with van der Waals surface area (Å²) in [5, 5.41) is 0. The van der Waals surface area contributed by atoms with E-state index in [1.165, 1.54) is 6.07 Å². The second-order valence-corrected chi connectivity index (χ2v) is 8.92. The van der Waals surface area contributed by atoms with Gasteiger partial charge in [-0.25, -0.2) is 4.39 Å². The Bertz CT molecular complexity index is 878. The van der Waals surface area contributed by atoms with Crippen molar-refractivity contribution in [2.24, 2.45) is 11.8 Å². The third-order valence-corrected chi connectivity index (χ3v) is 7.10. The van der Waals surface area contributed by atoms with Gasteiger partial charge in [-0.15, -0.1) is 11.8 Å². The molecule has 2 aliphatic rings. The normalized spacial score (nSPS) is 24.7. The maximum atomic E-state index is 13.8. The zero-order valence-corrected chi connectivity index (χ0v) is 18.3. The molecule has 0 unspecified atom stereocenters. The summed E-state index contributed by atoms with van der Waals surface area (Å²) in [5.74, 6) is 2.77. The molecule has 0 radical (unpaired) electrons. The number of likely N-dealkylation sites (tertiary alicyclic amines) is 2. The molecule has 4 nitrogen and oxygen atoms in total. The van der Waals surface area contributed by atoms with Gasteiger partial charge in [-0.2, -0.15) is 0 Å². The van der Waals surface area contributed by atoms with Crippen LogP contribution in [0.1, 0.15) is 17.2 Å². The number of ether oxygens (including phenoxy) is 2. The first-order valence-corrected chi connectivity index (χ1v) is 11.2. The zero-order valence-electron chi connectivity index (χ0n) is 17.5. The molecule has 156 valence electrons. The van der Waals surface area contributed by atoms with E-state index in [1.54, 1.807) is 32.0 Å². The van der Waals surface area contributed by atoms with Crippen LogP contribution in [0.2, 0.25) is 0 Å². The average Bonchev–Trinajstić information content (AvgIpc) is 3.22. The van der Waals surface area contributed by atoms with Crippen LogP contribution in [0.5, 0.6) is 11.5 Å². The fourth-order valence-corrected chi connectivity index (χ4v) is 5.70. The number of fused-ring (bicyclic) bond motifs is 1. The van der Waals surface area contributed by atoms with E-state index in [0.717, 1.165) is 53.7 Å². The van der Waals surface area contributed by atoms with Crippen molar-refractivity contribution in [1.29, 1.82) is 0 Å². The predicted octanol–water partition coefficient (Wildman–Crippen LogP) is 4.30. The maximum absolute atomic E-state index is 13.8. The number of nitrogens with zero attached hydrogens (tertiary/aromatic N) is 2. The highest BCUT2D eigenvalue weighted by Crippen LogP contribution is 2.45. The smallest absolute Gasteiger partial charge is 0.132 e. The molecule has 2 aromatic rings. The number of thioether (sulfide) groups is 1. The molecular formula is C23H29FN2O2S. The van der Waals surface area contributed by atoms with E-state index in [2.05, 4.69) is 35.0 Å². The van der Waals surface area contributed by atoms with Gasteiger partial charge in [0.2, 0.25) is 0 Å². The molecule has 2 saturated heterocycles. The Morgan fingerprint density at radius 3 is 2.55 bits per heavy atom. The summed E-state index contributed by atoms with van der Waals surface area (Å²) in [6.45, 7) is 3.94. The van der Waals surface area contributed by atoms with Crippen molar-refractivity contribution < 1.29 is 13.9 Å². The minimum atomic E-state index is -0.153. The SMILES string of the molecule is COc1cc(SC)c(OC)cc1CN1C[C@@H]2CN(C)[C@@H](c3cccc(F)c3)[C@@H]2C1. The van der Waals surface area contributed by atoms with Crippen LogP contribution >= 0.6 is 11.8 Å². The van der Waals surface area contributed by atoms with Crippen molar-refractivity contribution in [3.05, 3.63) is 53.3 Å². The van der Waals surface area contributed by atoms with Gasteiger partial charge >= 0.3 is 0 Å². The second kappa shape index (κ2) is 8.54. The van der Waals surface area contributed by atoms with Gasteiger partial charge < -0.3 is 9.47 Å². The largest absolute Gasteiger partial charge is 0.496 e. The van der Waals surface area contributed by atoms with Crippen LogP contribution in [0.3, 0.4) is 0 Å². The van der Waals surface area contributed by atoms with E-state index in [9.17, 15) is 4.39 Å². The van der Waals surface area contributed by atoms with Gasteiger partial charge in [0.25, 0.3) is 0 Å². The third kappa shape index (κ3) is 3.98. The van der Waals surface area contributed by atoms with Gasteiger partial charge in [0.05, 0.1) is 19.1 Å². The molecule has 2 aromatic carbocycles. The van der Waals surface area contributed by atoms with Crippen molar-refractivity contribution >= 4 is 11.8 Å². The molecule has 0 N–H and O–H groups in total. The first-order chi connectivity index (χ1) is 14.0. The molecule has 2 fully saturated rings. The maximum Gasteiger partial charge on any atom is 0.132 e. The van der Waals surface area contributed by atoms with E-state index < -0.39 is 0 Å². The summed E-state index contributed by atoms with van der Waals surface area (Å²) in [6.07, 6.45) is 2.04. The minimum absolute atomic E-state index is 0.153. The van der Waals surface area contributed by atoms with Gasteiger partial charge in [0.1, 0.15) is 17.3 Å². The second-order valence-electron chi connectivity index (χ2n) is 8.08. The highest BCUT2D eigenvalue weighted by atomic mass is 32.2. The quantitative estimate of drug-likeness (QED) is 0.654. The molecule has 0 saturated carbocycles. The van der Waals surface area contributed by atoms with E-state index >= 15 is 0 Å². The Morgan fingerprint density at radius 1 is 1.07 bits per heavy atom. The first-order valence-electron chi connectivity index (χ1n) is 10.0. The number of rotatable bonds is 6. The van der Waals surface area contributed by atoms with E-state index in [-0.39, 0.29) is 11.9 Å². The lowest BCUT2D eigenvalue weighted by Gasteiger charge is -2.27. The van der Waals surface area contributed by atoms with Gasteiger partial charge in [0.15, 0.2) is 0 Å². The van der Waals surface area contributed by atoms with Gasteiger partial charge in [-0.05, 0) is 55.0 Å². The monoisotopic (exact) mass is 416 g/mol. The third-order valence-electron chi connectivity index (χ3n) is 6.34. The number of hydrogen-bond donors (Lipinski definition) is 0. The number of benzene rings is 2. The van der Waals surface area contributed by atoms with Gasteiger partial charge in [-0.1, -0.05) is 12.1 Å². The Kier molecular flexibility index (Phi) is 6.04. The molecule has 0 bridgehead atoms. The Balaban J connectivity index is 1.53. The predicted molar refractivity (Wildman–Crippen MR) is 115 cm³/mol. The Hall–Kier alpha value is -1.76. The molecule has 0 spiro atoms. The molecule has 0 aliphatic carbocycles. The van der Waals surface area contributed by atoms with Crippen LogP contribution in [0.25, 0.3) is 0 Å². The molecular weight excluding hydrogens is 387 g/mol. The Labute approximate surface area is 177 Å². The summed E-state index contributed by atoms with van der Waals surface area (Å²) in [7, 11) is 5.60. The molecule has 0 aromatic heterocycles. The number of hydrogen-bond acceptors (Lipinski definition) is 5. The summed E-state index contributed by atoms with van der Waals surface area (Å²) in [4.78, 5) is 5.97. The minimum Gasteiger partial charge on any atom is -0.496 e. The molecule has 3 atom stereocenters. The molecule has 2 aliphatic heterocycles. The lowest BCUT2D eigenvalue weighted by Crippen LogP contribution is -2.29. The molecule has 2 heterocycles. The lowest BCUT2D eigenvalue weighted by molar-refractivity contribution is 0.222. The average molecular weight is 417 g/mol. The Morgan fingerprint density at radius 2 is 1.86 bits per heavy atom. The zero-order chi connectivity index (χ0) is 20.5. The van der Waals surface area contributed by atoms with Crippen LogP contribution in [0, 0.1) is 17.7 Å². The summed E-state index contributed by atoms with van der Waals surface area (Å²) < 4.78 is 25.1. The highest BCUT2D eigenvalue weighted by molar-refractivity contribution is 7.98. The fourth-order valence-electron chi connectivity index (χ4n) is 5.13. The van der Waals surface area contributed by atoms with Crippen LogP contribution in [0.4, 0.5) is 4.39 Å². The topological polar surface area (TPSA) is 24.9 Å². The summed E-state index contributed by atoms with van der Waals surface area (Å²) in [5.41, 5.74) is 2.24. The molecule has 0 amide bonds. The van der Waals surface area contributed by atoms with Crippen LogP contribution in [-0.2, 0) is 6.54 Å². The number of halogens is 1. The number of methoxy groups -OCH3 is 2. The van der Waals surface area contributed by atoms with Crippen molar-refractivity contribution in [2.75, 3.05) is 47.2 Å². The van der Waals surface area contributed by atoms with E-state index in [0.29, 0.717) is 11.8 Å². The fraction of sp³-hybridized carbons (Fsp3) is 0.478. The van der Waals surface area contributed by atoms with Crippen LogP contribution in [0.15, 0.2) is 41.3 Å². The lowest BCUT2D eigenvalue weighted by atomic mass is 9.89. The van der Waals surface area contributed by atoms with Crippen molar-refractivity contribution in [1.82, 2.24) is 9.80 Å². The molecule has 6 heteroatoms. The molecule has 4 rings (SSSR count). The first kappa shape index (κ1) is 20.5.